The molecule has 0 aliphatic carbocycles. The molecule has 0 fully saturated rings. The Kier molecular flexibility index (Phi) is 6.12. The van der Waals surface area contributed by atoms with E-state index in [4.69, 9.17) is 5.11 Å². The van der Waals surface area contributed by atoms with Crippen LogP contribution in [0.5, 0.6) is 0 Å². The smallest absolute Gasteiger partial charge is 0.326 e. The molecule has 1 rings (SSSR count). The Balaban J connectivity index is 2.37. The van der Waals surface area contributed by atoms with E-state index in [0.717, 1.165) is 5.56 Å². The predicted molar refractivity (Wildman–Crippen MR) is 75.0 cm³/mol. The minimum Gasteiger partial charge on any atom is -0.480 e. The van der Waals surface area contributed by atoms with E-state index in [1.807, 2.05) is 0 Å². The van der Waals surface area contributed by atoms with Gasteiger partial charge in [-0.1, -0.05) is 19.1 Å². The molecule has 1 atom stereocenters. The fourth-order valence-corrected chi connectivity index (χ4v) is 1.65. The van der Waals surface area contributed by atoms with Gasteiger partial charge in [-0.3, -0.25) is 10.1 Å². The summed E-state index contributed by atoms with van der Waals surface area (Å²) in [6.45, 7) is 1.97. The number of nitro benzene ring substituents is 1. The zero-order chi connectivity index (χ0) is 15.8. The molecule has 0 heterocycles. The van der Waals surface area contributed by atoms with Gasteiger partial charge in [0.15, 0.2) is 0 Å². The number of benzene rings is 1. The number of non-ortho nitro benzene ring substituents is 1. The quantitative estimate of drug-likeness (QED) is 0.517. The first-order chi connectivity index (χ1) is 9.93. The summed E-state index contributed by atoms with van der Waals surface area (Å²) in [5, 5.41) is 24.2. The number of hydrogen-bond acceptors (Lipinski definition) is 4. The number of carbonyl (C=O) groups excluding carboxylic acids is 1. The highest BCUT2D eigenvalue weighted by Gasteiger charge is 2.16. The van der Waals surface area contributed by atoms with Gasteiger partial charge in [-0.2, -0.15) is 0 Å². The molecule has 0 bridgehead atoms. The van der Waals surface area contributed by atoms with E-state index in [9.17, 15) is 19.7 Å². The molecule has 21 heavy (non-hydrogen) atoms. The van der Waals surface area contributed by atoms with Crippen LogP contribution in [0.25, 0.3) is 0 Å². The van der Waals surface area contributed by atoms with Crippen molar-refractivity contribution in [2.75, 3.05) is 6.54 Å². The summed E-state index contributed by atoms with van der Waals surface area (Å²) >= 11 is 0. The Morgan fingerprint density at radius 2 is 1.95 bits per heavy atom. The molecular formula is C13H17N3O5. The van der Waals surface area contributed by atoms with Crippen molar-refractivity contribution in [3.8, 4) is 0 Å². The number of amides is 2. The van der Waals surface area contributed by atoms with Gasteiger partial charge in [0, 0.05) is 18.7 Å². The number of hydrogen-bond donors (Lipinski definition) is 3. The van der Waals surface area contributed by atoms with Gasteiger partial charge < -0.3 is 15.7 Å². The van der Waals surface area contributed by atoms with E-state index in [-0.39, 0.29) is 5.69 Å². The summed E-state index contributed by atoms with van der Waals surface area (Å²) in [7, 11) is 0. The lowest BCUT2D eigenvalue weighted by Gasteiger charge is -2.13. The van der Waals surface area contributed by atoms with Gasteiger partial charge in [0.25, 0.3) is 5.69 Å². The maximum atomic E-state index is 11.5. The third kappa shape index (κ3) is 5.47. The molecule has 3 N–H and O–H groups in total. The number of carboxylic acid groups (broad SMARTS) is 1. The van der Waals surface area contributed by atoms with Crippen molar-refractivity contribution < 1.29 is 19.6 Å². The number of rotatable bonds is 7. The maximum Gasteiger partial charge on any atom is 0.326 e. The second kappa shape index (κ2) is 7.83. The Labute approximate surface area is 121 Å². The number of carboxylic acids is 1. The minimum absolute atomic E-state index is 0.0108. The van der Waals surface area contributed by atoms with Gasteiger partial charge in [-0.05, 0) is 18.4 Å². The summed E-state index contributed by atoms with van der Waals surface area (Å²) in [4.78, 5) is 32.2. The normalized spacial score (nSPS) is 11.5. The van der Waals surface area contributed by atoms with Crippen LogP contribution < -0.4 is 10.6 Å². The van der Waals surface area contributed by atoms with E-state index in [0.29, 0.717) is 19.4 Å². The Hall–Kier alpha value is -2.64. The van der Waals surface area contributed by atoms with Crippen LogP contribution in [0.2, 0.25) is 0 Å². The number of urea groups is 1. The van der Waals surface area contributed by atoms with Crippen LogP contribution in [0.15, 0.2) is 24.3 Å². The second-order valence-electron chi connectivity index (χ2n) is 4.37. The summed E-state index contributed by atoms with van der Waals surface area (Å²) in [5.41, 5.74) is 0.850. The van der Waals surface area contributed by atoms with Gasteiger partial charge >= 0.3 is 12.0 Å². The van der Waals surface area contributed by atoms with Crippen molar-refractivity contribution in [2.24, 2.45) is 0 Å². The second-order valence-corrected chi connectivity index (χ2v) is 4.37. The van der Waals surface area contributed by atoms with E-state index >= 15 is 0 Å². The van der Waals surface area contributed by atoms with E-state index in [2.05, 4.69) is 10.6 Å². The first-order valence-electron chi connectivity index (χ1n) is 6.44. The lowest BCUT2D eigenvalue weighted by atomic mass is 10.1. The molecule has 0 radical (unpaired) electrons. The van der Waals surface area contributed by atoms with Gasteiger partial charge in [0.05, 0.1) is 4.92 Å². The van der Waals surface area contributed by atoms with Crippen LogP contribution in [-0.4, -0.2) is 34.6 Å². The van der Waals surface area contributed by atoms with Crippen LogP contribution in [0.1, 0.15) is 18.9 Å². The van der Waals surface area contributed by atoms with Gasteiger partial charge in [0.2, 0.25) is 0 Å². The molecule has 0 saturated carbocycles. The highest BCUT2D eigenvalue weighted by molar-refractivity contribution is 5.82. The Morgan fingerprint density at radius 1 is 1.33 bits per heavy atom. The highest BCUT2D eigenvalue weighted by Crippen LogP contribution is 2.11. The molecule has 8 nitrogen and oxygen atoms in total. The maximum absolute atomic E-state index is 11.5. The average Bonchev–Trinajstić information content (AvgIpc) is 2.45. The third-order valence-corrected chi connectivity index (χ3v) is 2.86. The van der Waals surface area contributed by atoms with Crippen LogP contribution in [-0.2, 0) is 11.2 Å². The fourth-order valence-electron chi connectivity index (χ4n) is 1.65. The van der Waals surface area contributed by atoms with E-state index in [1.54, 1.807) is 19.1 Å². The number of carbonyl (C=O) groups is 2. The molecule has 1 aromatic carbocycles. The summed E-state index contributed by atoms with van der Waals surface area (Å²) in [6.07, 6.45) is 0.792. The molecule has 0 spiro atoms. The van der Waals surface area contributed by atoms with Crippen molar-refractivity contribution in [3.63, 3.8) is 0 Å². The monoisotopic (exact) mass is 295 g/mol. The summed E-state index contributed by atoms with van der Waals surface area (Å²) in [5.74, 6) is -1.08. The molecule has 114 valence electrons. The van der Waals surface area contributed by atoms with Crippen LogP contribution in [0.4, 0.5) is 10.5 Å². The molecule has 0 aliphatic rings. The largest absolute Gasteiger partial charge is 0.480 e. The standard InChI is InChI=1S/C13H17N3O5/c1-2-11(12(17)18)15-13(19)14-8-7-9-3-5-10(6-4-9)16(20)21/h3-6,11H,2,7-8H2,1H3,(H,17,18)(H2,14,15,19). The average molecular weight is 295 g/mol. The van der Waals surface area contributed by atoms with Crippen LogP contribution in [0.3, 0.4) is 0 Å². The number of nitro groups is 1. The zero-order valence-electron chi connectivity index (χ0n) is 11.5. The Bertz CT molecular complexity index is 515. The van der Waals surface area contributed by atoms with Crippen molar-refractivity contribution >= 4 is 17.7 Å². The van der Waals surface area contributed by atoms with Crippen molar-refractivity contribution in [3.05, 3.63) is 39.9 Å². The minimum atomic E-state index is -1.08. The predicted octanol–water partition coefficient (Wildman–Crippen LogP) is 1.30. The SMILES string of the molecule is CCC(NC(=O)NCCc1ccc([N+](=O)[O-])cc1)C(=O)O. The first kappa shape index (κ1) is 16.4. The van der Waals surface area contributed by atoms with Crippen LogP contribution in [0, 0.1) is 10.1 Å². The van der Waals surface area contributed by atoms with E-state index < -0.39 is 23.0 Å². The fraction of sp³-hybridized carbons (Fsp3) is 0.385. The van der Waals surface area contributed by atoms with Crippen molar-refractivity contribution in [2.45, 2.75) is 25.8 Å². The number of nitrogens with zero attached hydrogens (tertiary/aromatic N) is 1. The van der Waals surface area contributed by atoms with Crippen molar-refractivity contribution in [1.29, 1.82) is 0 Å². The zero-order valence-corrected chi connectivity index (χ0v) is 11.5. The van der Waals surface area contributed by atoms with Crippen molar-refractivity contribution in [1.82, 2.24) is 10.6 Å². The highest BCUT2D eigenvalue weighted by atomic mass is 16.6. The molecule has 1 unspecified atom stereocenters. The number of nitrogens with one attached hydrogen (secondary N) is 2. The molecule has 0 aliphatic heterocycles. The molecule has 0 aromatic heterocycles. The lowest BCUT2D eigenvalue weighted by Crippen LogP contribution is -2.46. The molecular weight excluding hydrogens is 278 g/mol. The summed E-state index contributed by atoms with van der Waals surface area (Å²) in [6, 6.07) is 4.56. The Morgan fingerprint density at radius 3 is 2.43 bits per heavy atom. The first-order valence-corrected chi connectivity index (χ1v) is 6.44. The molecule has 2 amide bonds. The third-order valence-electron chi connectivity index (χ3n) is 2.86. The van der Waals surface area contributed by atoms with Gasteiger partial charge in [-0.25, -0.2) is 9.59 Å². The number of aliphatic carboxylic acids is 1. The molecule has 1 aromatic rings. The molecule has 0 saturated heterocycles. The van der Waals surface area contributed by atoms with E-state index in [1.165, 1.54) is 12.1 Å². The molecule has 8 heteroatoms. The van der Waals surface area contributed by atoms with Gasteiger partial charge in [0.1, 0.15) is 6.04 Å². The lowest BCUT2D eigenvalue weighted by molar-refractivity contribution is -0.384. The topological polar surface area (TPSA) is 122 Å². The summed E-state index contributed by atoms with van der Waals surface area (Å²) < 4.78 is 0. The van der Waals surface area contributed by atoms with Gasteiger partial charge in [-0.15, -0.1) is 0 Å². The van der Waals surface area contributed by atoms with Crippen LogP contribution >= 0.6 is 0 Å².